The number of hydrogen-bond donors (Lipinski definition) is 1. The summed E-state index contributed by atoms with van der Waals surface area (Å²) >= 11 is 6.10. The van der Waals surface area contributed by atoms with Crippen molar-refractivity contribution in [1.82, 2.24) is 15.2 Å². The summed E-state index contributed by atoms with van der Waals surface area (Å²) in [6.07, 6.45) is 4.18. The van der Waals surface area contributed by atoms with Gasteiger partial charge in [0.05, 0.1) is 12.3 Å². The second-order valence-electron chi connectivity index (χ2n) is 6.61. The summed E-state index contributed by atoms with van der Waals surface area (Å²) in [6, 6.07) is 7.98. The van der Waals surface area contributed by atoms with E-state index < -0.39 is 0 Å². The van der Waals surface area contributed by atoms with Crippen LogP contribution in [0, 0.1) is 0 Å². The predicted molar refractivity (Wildman–Crippen MR) is 103 cm³/mol. The molecule has 26 heavy (non-hydrogen) atoms. The summed E-state index contributed by atoms with van der Waals surface area (Å²) in [6.45, 7) is 5.12. The molecule has 3 heterocycles. The van der Waals surface area contributed by atoms with Crippen LogP contribution in [0.25, 0.3) is 0 Å². The third-order valence-electron chi connectivity index (χ3n) is 4.82. The number of ether oxygens (including phenoxy) is 1. The van der Waals surface area contributed by atoms with Gasteiger partial charge in [0, 0.05) is 50.0 Å². The van der Waals surface area contributed by atoms with Gasteiger partial charge in [-0.05, 0) is 31.0 Å². The van der Waals surface area contributed by atoms with Crippen molar-refractivity contribution in [1.29, 1.82) is 0 Å². The molecule has 0 bridgehead atoms. The Morgan fingerprint density at radius 2 is 2.04 bits per heavy atom. The molecule has 2 aromatic rings. The lowest BCUT2D eigenvalue weighted by Crippen LogP contribution is -2.47. The van der Waals surface area contributed by atoms with E-state index in [4.69, 9.17) is 16.3 Å². The first kappa shape index (κ1) is 17.3. The maximum atomic E-state index is 6.10. The molecular weight excluding hydrogens is 352 g/mol. The predicted octanol–water partition coefficient (Wildman–Crippen LogP) is 2.44. The summed E-state index contributed by atoms with van der Waals surface area (Å²) in [7, 11) is 0. The third kappa shape index (κ3) is 4.16. The first-order valence-electron chi connectivity index (χ1n) is 9.08. The van der Waals surface area contributed by atoms with Crippen molar-refractivity contribution >= 4 is 29.1 Å². The van der Waals surface area contributed by atoms with Gasteiger partial charge in [0.1, 0.15) is 0 Å². The molecule has 1 atom stereocenters. The Morgan fingerprint density at radius 1 is 1.19 bits per heavy atom. The quantitative estimate of drug-likeness (QED) is 0.862. The molecule has 2 saturated heterocycles. The molecule has 2 aliphatic heterocycles. The minimum Gasteiger partial charge on any atom is -0.376 e. The minimum absolute atomic E-state index is 0.273. The smallest absolute Gasteiger partial charge is 0.247 e. The van der Waals surface area contributed by atoms with Gasteiger partial charge in [-0.1, -0.05) is 17.7 Å². The van der Waals surface area contributed by atoms with Crippen molar-refractivity contribution in [3.8, 4) is 0 Å². The summed E-state index contributed by atoms with van der Waals surface area (Å²) < 4.78 is 5.63. The van der Waals surface area contributed by atoms with E-state index in [0.717, 1.165) is 68.7 Å². The van der Waals surface area contributed by atoms with E-state index in [-0.39, 0.29) is 6.10 Å². The molecule has 1 unspecified atom stereocenters. The number of benzene rings is 1. The Labute approximate surface area is 158 Å². The molecule has 4 rings (SSSR count). The second kappa shape index (κ2) is 8.05. The monoisotopic (exact) mass is 374 g/mol. The topological polar surface area (TPSA) is 66.4 Å². The number of nitrogens with zero attached hydrogens (tertiary/aromatic N) is 5. The largest absolute Gasteiger partial charge is 0.376 e. The van der Waals surface area contributed by atoms with Crippen LogP contribution in [-0.2, 0) is 4.74 Å². The molecule has 7 nitrogen and oxygen atoms in total. The normalized spacial score (nSPS) is 20.4. The highest BCUT2D eigenvalue weighted by molar-refractivity contribution is 6.30. The van der Waals surface area contributed by atoms with E-state index in [1.165, 1.54) is 0 Å². The van der Waals surface area contributed by atoms with Crippen LogP contribution in [0.15, 0.2) is 30.5 Å². The highest BCUT2D eigenvalue weighted by Crippen LogP contribution is 2.22. The van der Waals surface area contributed by atoms with E-state index in [2.05, 4.69) is 36.4 Å². The third-order valence-corrected chi connectivity index (χ3v) is 5.05. The van der Waals surface area contributed by atoms with Crippen LogP contribution in [0.3, 0.4) is 0 Å². The minimum atomic E-state index is 0.273. The van der Waals surface area contributed by atoms with Gasteiger partial charge in [0.2, 0.25) is 5.95 Å². The fraction of sp³-hybridized carbons (Fsp3) is 0.500. The summed E-state index contributed by atoms with van der Waals surface area (Å²) in [4.78, 5) is 9.12. The number of rotatable bonds is 5. The van der Waals surface area contributed by atoms with Crippen molar-refractivity contribution in [3.63, 3.8) is 0 Å². The van der Waals surface area contributed by atoms with Gasteiger partial charge < -0.3 is 19.9 Å². The van der Waals surface area contributed by atoms with E-state index in [1.807, 2.05) is 18.2 Å². The lowest BCUT2D eigenvalue weighted by Gasteiger charge is -2.36. The van der Waals surface area contributed by atoms with Crippen molar-refractivity contribution in [2.75, 3.05) is 54.4 Å². The van der Waals surface area contributed by atoms with Crippen molar-refractivity contribution < 1.29 is 4.74 Å². The first-order chi connectivity index (χ1) is 12.8. The number of aromatic nitrogens is 3. The van der Waals surface area contributed by atoms with Crippen molar-refractivity contribution in [2.24, 2.45) is 0 Å². The maximum Gasteiger partial charge on any atom is 0.247 e. The molecule has 0 radical (unpaired) electrons. The number of hydrogen-bond acceptors (Lipinski definition) is 7. The molecule has 0 aliphatic carbocycles. The van der Waals surface area contributed by atoms with Crippen LogP contribution in [0.4, 0.5) is 17.5 Å². The number of nitrogens with one attached hydrogen (secondary N) is 1. The molecule has 8 heteroatoms. The zero-order valence-electron chi connectivity index (χ0n) is 14.6. The summed E-state index contributed by atoms with van der Waals surface area (Å²) in [5.41, 5.74) is 1.16. The Morgan fingerprint density at radius 3 is 2.81 bits per heavy atom. The van der Waals surface area contributed by atoms with Gasteiger partial charge in [0.15, 0.2) is 5.82 Å². The number of piperazine rings is 1. The highest BCUT2D eigenvalue weighted by atomic mass is 35.5. The molecule has 0 amide bonds. The molecule has 1 aromatic carbocycles. The fourth-order valence-corrected chi connectivity index (χ4v) is 3.56. The van der Waals surface area contributed by atoms with Crippen LogP contribution >= 0.6 is 11.6 Å². The van der Waals surface area contributed by atoms with E-state index in [0.29, 0.717) is 5.95 Å². The van der Waals surface area contributed by atoms with Crippen molar-refractivity contribution in [2.45, 2.75) is 18.9 Å². The zero-order chi connectivity index (χ0) is 17.8. The van der Waals surface area contributed by atoms with Gasteiger partial charge in [-0.15, -0.1) is 5.10 Å². The Bertz CT molecular complexity index is 731. The molecule has 1 N–H and O–H groups in total. The molecular formula is C18H23ClN6O. The summed E-state index contributed by atoms with van der Waals surface area (Å²) in [5, 5.41) is 12.4. The van der Waals surface area contributed by atoms with Gasteiger partial charge in [-0.3, -0.25) is 0 Å². The van der Waals surface area contributed by atoms with Crippen LogP contribution in [-0.4, -0.2) is 60.6 Å². The SMILES string of the molecule is Clc1cccc(N2CCN(c3nncc(NCC4CCCO4)n3)CC2)c1. The van der Waals surface area contributed by atoms with Gasteiger partial charge in [0.25, 0.3) is 0 Å². The molecule has 138 valence electrons. The molecule has 0 spiro atoms. The number of halogens is 1. The Balaban J connectivity index is 1.34. The lowest BCUT2D eigenvalue weighted by atomic mass is 10.2. The molecule has 2 fully saturated rings. The second-order valence-corrected chi connectivity index (χ2v) is 7.05. The van der Waals surface area contributed by atoms with Crippen LogP contribution in [0.5, 0.6) is 0 Å². The molecule has 1 aromatic heterocycles. The van der Waals surface area contributed by atoms with E-state index >= 15 is 0 Å². The highest BCUT2D eigenvalue weighted by Gasteiger charge is 2.20. The van der Waals surface area contributed by atoms with Gasteiger partial charge >= 0.3 is 0 Å². The zero-order valence-corrected chi connectivity index (χ0v) is 15.4. The van der Waals surface area contributed by atoms with Gasteiger partial charge in [-0.25, -0.2) is 0 Å². The molecule has 0 saturated carbocycles. The van der Waals surface area contributed by atoms with E-state index in [1.54, 1.807) is 6.20 Å². The standard InChI is InChI=1S/C18H23ClN6O/c19-14-3-1-4-15(11-14)24-6-8-25(9-7-24)18-22-17(13-21-23-18)20-12-16-5-2-10-26-16/h1,3-4,11,13,16H,2,5-10,12H2,(H,20,22,23). The number of anilines is 3. The average molecular weight is 375 g/mol. The fourth-order valence-electron chi connectivity index (χ4n) is 3.37. The van der Waals surface area contributed by atoms with E-state index in [9.17, 15) is 0 Å². The average Bonchev–Trinajstić information content (AvgIpc) is 3.20. The Hall–Kier alpha value is -2.12. The summed E-state index contributed by atoms with van der Waals surface area (Å²) in [5.74, 6) is 1.43. The maximum absolute atomic E-state index is 6.10. The van der Waals surface area contributed by atoms with Crippen LogP contribution in [0.2, 0.25) is 5.02 Å². The first-order valence-corrected chi connectivity index (χ1v) is 9.46. The van der Waals surface area contributed by atoms with Crippen molar-refractivity contribution in [3.05, 3.63) is 35.5 Å². The van der Waals surface area contributed by atoms with Crippen LogP contribution < -0.4 is 15.1 Å². The van der Waals surface area contributed by atoms with Gasteiger partial charge in [-0.2, -0.15) is 10.1 Å². The molecule has 2 aliphatic rings. The lowest BCUT2D eigenvalue weighted by molar-refractivity contribution is 0.120. The van der Waals surface area contributed by atoms with Crippen LogP contribution in [0.1, 0.15) is 12.8 Å². The Kier molecular flexibility index (Phi) is 5.36.